The van der Waals surface area contributed by atoms with Gasteiger partial charge >= 0.3 is 0 Å². The number of amides is 3. The molecule has 2 aromatic carbocycles. The number of hydrogen-bond donors (Lipinski definition) is 2. The average molecular weight is 421 g/mol. The molecule has 0 bridgehead atoms. The van der Waals surface area contributed by atoms with Crippen molar-refractivity contribution in [3.05, 3.63) is 66.4 Å². The zero-order valence-electron chi connectivity index (χ0n) is 17.5. The third kappa shape index (κ3) is 4.58. The second-order valence-electron chi connectivity index (χ2n) is 6.74. The van der Waals surface area contributed by atoms with Gasteiger partial charge in [-0.3, -0.25) is 19.3 Å². The van der Waals surface area contributed by atoms with Crippen LogP contribution in [-0.4, -0.2) is 43.4 Å². The number of carbonyl (C=O) groups is 3. The van der Waals surface area contributed by atoms with Gasteiger partial charge in [-0.1, -0.05) is 18.2 Å². The molecule has 31 heavy (non-hydrogen) atoms. The van der Waals surface area contributed by atoms with Gasteiger partial charge in [-0.25, -0.2) is 0 Å². The van der Waals surface area contributed by atoms with Gasteiger partial charge in [0.05, 0.1) is 19.8 Å². The Bertz CT molecular complexity index is 1050. The normalized spacial score (nSPS) is 13.3. The van der Waals surface area contributed by atoms with Crippen LogP contribution in [0.5, 0.6) is 11.5 Å². The third-order valence-corrected chi connectivity index (χ3v) is 4.59. The molecule has 3 amide bonds. The fourth-order valence-corrected chi connectivity index (χ4v) is 3.20. The van der Waals surface area contributed by atoms with Crippen LogP contribution < -0.4 is 20.1 Å². The number of nitrogens with one attached hydrogen (secondary N) is 2. The van der Waals surface area contributed by atoms with Crippen molar-refractivity contribution in [2.24, 2.45) is 0 Å². The summed E-state index contributed by atoms with van der Waals surface area (Å²) in [5.41, 5.74) is 2.01. The molecule has 160 valence electrons. The summed E-state index contributed by atoms with van der Waals surface area (Å²) >= 11 is 0. The molecule has 0 radical (unpaired) electrons. The third-order valence-electron chi connectivity index (χ3n) is 4.59. The largest absolute Gasteiger partial charge is 0.497 e. The number of carbonyl (C=O) groups excluding carboxylic acids is 3. The minimum Gasteiger partial charge on any atom is -0.497 e. The van der Waals surface area contributed by atoms with Crippen molar-refractivity contribution < 1.29 is 23.9 Å². The van der Waals surface area contributed by atoms with Crippen molar-refractivity contribution in [1.29, 1.82) is 0 Å². The van der Waals surface area contributed by atoms with E-state index in [1.165, 1.54) is 27.2 Å². The number of nitrogens with zero attached hydrogens (tertiary/aromatic N) is 1. The van der Waals surface area contributed by atoms with Crippen LogP contribution in [0, 0.1) is 0 Å². The molecule has 0 spiro atoms. The van der Waals surface area contributed by atoms with Crippen molar-refractivity contribution in [1.82, 2.24) is 4.90 Å². The number of methoxy groups -OCH3 is 2. The lowest BCUT2D eigenvalue weighted by Gasteiger charge is -2.13. The van der Waals surface area contributed by atoms with Crippen LogP contribution in [0.1, 0.15) is 12.5 Å². The number of benzene rings is 2. The fourth-order valence-electron chi connectivity index (χ4n) is 3.20. The van der Waals surface area contributed by atoms with E-state index in [1.54, 1.807) is 42.5 Å². The molecule has 0 aromatic heterocycles. The highest BCUT2D eigenvalue weighted by Gasteiger charge is 2.38. The molecule has 1 heterocycles. The van der Waals surface area contributed by atoms with Crippen LogP contribution in [-0.2, 0) is 14.4 Å². The van der Waals surface area contributed by atoms with E-state index in [4.69, 9.17) is 9.47 Å². The Hall–Kier alpha value is -4.07. The molecule has 1 aliphatic rings. The van der Waals surface area contributed by atoms with E-state index in [0.717, 1.165) is 4.90 Å². The predicted molar refractivity (Wildman–Crippen MR) is 118 cm³/mol. The van der Waals surface area contributed by atoms with Gasteiger partial charge in [0, 0.05) is 43.0 Å². The van der Waals surface area contributed by atoms with Crippen LogP contribution >= 0.6 is 0 Å². The molecule has 0 unspecified atom stereocenters. The molecule has 0 saturated carbocycles. The smallest absolute Gasteiger partial charge is 0.278 e. The first-order chi connectivity index (χ1) is 14.9. The monoisotopic (exact) mass is 421 g/mol. The van der Waals surface area contributed by atoms with E-state index in [9.17, 15) is 14.4 Å². The molecule has 2 N–H and O–H groups in total. The molecule has 8 heteroatoms. The van der Waals surface area contributed by atoms with E-state index in [-0.39, 0.29) is 23.7 Å². The minimum absolute atomic E-state index is 0.0811. The Morgan fingerprint density at radius 3 is 2.13 bits per heavy atom. The molecule has 1 aliphatic heterocycles. The van der Waals surface area contributed by atoms with Gasteiger partial charge in [0.2, 0.25) is 5.91 Å². The number of hydrogen-bond acceptors (Lipinski definition) is 6. The zero-order valence-corrected chi connectivity index (χ0v) is 17.5. The van der Waals surface area contributed by atoms with E-state index in [1.807, 2.05) is 0 Å². The first-order valence-corrected chi connectivity index (χ1v) is 9.47. The highest BCUT2D eigenvalue weighted by atomic mass is 16.5. The van der Waals surface area contributed by atoms with Crippen molar-refractivity contribution >= 4 is 34.7 Å². The summed E-state index contributed by atoms with van der Waals surface area (Å²) in [5.74, 6) is -0.0421. The average Bonchev–Trinajstić information content (AvgIpc) is 2.98. The predicted octanol–water partition coefficient (Wildman–Crippen LogP) is 3.04. The second-order valence-corrected chi connectivity index (χ2v) is 6.74. The summed E-state index contributed by atoms with van der Waals surface area (Å²) in [6.07, 6.45) is 1.49. The Morgan fingerprint density at radius 2 is 1.61 bits per heavy atom. The lowest BCUT2D eigenvalue weighted by atomic mass is 10.0. The zero-order chi connectivity index (χ0) is 22.5. The Labute approximate surface area is 180 Å². The minimum atomic E-state index is -0.465. The topological polar surface area (TPSA) is 97.0 Å². The van der Waals surface area contributed by atoms with Crippen molar-refractivity contribution in [3.63, 3.8) is 0 Å². The van der Waals surface area contributed by atoms with E-state index in [0.29, 0.717) is 28.4 Å². The van der Waals surface area contributed by atoms with Gasteiger partial charge in [-0.2, -0.15) is 0 Å². The lowest BCUT2D eigenvalue weighted by molar-refractivity contribution is -0.136. The maximum atomic E-state index is 13.1. The van der Waals surface area contributed by atoms with Gasteiger partial charge in [-0.05, 0) is 17.7 Å². The van der Waals surface area contributed by atoms with Crippen LogP contribution in [0.25, 0.3) is 5.57 Å². The SMILES string of the molecule is C=CCN1C(=O)C(Nc2cc(OC)cc(OC)c2)=C(c2ccc(NC(C)=O)cc2)C1=O. The molecule has 3 rings (SSSR count). The molecule has 0 atom stereocenters. The summed E-state index contributed by atoms with van der Waals surface area (Å²) in [4.78, 5) is 38.5. The van der Waals surface area contributed by atoms with Crippen molar-refractivity contribution in [2.75, 3.05) is 31.4 Å². The molecular formula is C23H23N3O5. The molecule has 0 aliphatic carbocycles. The van der Waals surface area contributed by atoms with Gasteiger partial charge in [0.25, 0.3) is 11.8 Å². The lowest BCUT2D eigenvalue weighted by Crippen LogP contribution is -2.32. The Balaban J connectivity index is 2.06. The van der Waals surface area contributed by atoms with Crippen LogP contribution in [0.2, 0.25) is 0 Å². The molecule has 8 nitrogen and oxygen atoms in total. The highest BCUT2D eigenvalue weighted by Crippen LogP contribution is 2.33. The first-order valence-electron chi connectivity index (χ1n) is 9.47. The summed E-state index contributed by atoms with van der Waals surface area (Å²) < 4.78 is 10.6. The fraction of sp³-hybridized carbons (Fsp3) is 0.174. The molecular weight excluding hydrogens is 398 g/mol. The maximum Gasteiger partial charge on any atom is 0.278 e. The van der Waals surface area contributed by atoms with Gasteiger partial charge in [0.15, 0.2) is 0 Å². The standard InChI is InChI=1S/C23H23N3O5/c1-5-10-26-22(28)20(15-6-8-16(9-7-15)24-14(2)27)21(23(26)29)25-17-11-18(30-3)13-19(12-17)31-4/h5-9,11-13,25H,1,10H2,2-4H3,(H,24,27). The van der Waals surface area contributed by atoms with Crippen LogP contribution in [0.15, 0.2) is 60.8 Å². The van der Waals surface area contributed by atoms with Gasteiger partial charge < -0.3 is 20.1 Å². The molecule has 0 fully saturated rings. The summed E-state index contributed by atoms with van der Waals surface area (Å²) in [6.45, 7) is 5.12. The summed E-state index contributed by atoms with van der Waals surface area (Å²) in [6, 6.07) is 11.8. The number of anilines is 2. The van der Waals surface area contributed by atoms with Crippen LogP contribution in [0.3, 0.4) is 0 Å². The number of ether oxygens (including phenoxy) is 2. The number of imide groups is 1. The second kappa shape index (κ2) is 9.17. The maximum absolute atomic E-state index is 13.1. The molecule has 0 saturated heterocycles. The van der Waals surface area contributed by atoms with E-state index >= 15 is 0 Å². The van der Waals surface area contributed by atoms with E-state index < -0.39 is 11.8 Å². The Kier molecular flexibility index (Phi) is 6.40. The highest BCUT2D eigenvalue weighted by molar-refractivity contribution is 6.36. The van der Waals surface area contributed by atoms with E-state index in [2.05, 4.69) is 17.2 Å². The molecule has 2 aromatic rings. The number of rotatable bonds is 8. The summed E-state index contributed by atoms with van der Waals surface area (Å²) in [7, 11) is 3.05. The summed E-state index contributed by atoms with van der Waals surface area (Å²) in [5, 5.41) is 5.73. The Morgan fingerprint density at radius 1 is 1.00 bits per heavy atom. The van der Waals surface area contributed by atoms with Gasteiger partial charge in [-0.15, -0.1) is 6.58 Å². The van der Waals surface area contributed by atoms with Crippen LogP contribution in [0.4, 0.5) is 11.4 Å². The quantitative estimate of drug-likeness (QED) is 0.502. The van der Waals surface area contributed by atoms with Gasteiger partial charge in [0.1, 0.15) is 17.2 Å². The van der Waals surface area contributed by atoms with Crippen molar-refractivity contribution in [2.45, 2.75) is 6.92 Å². The first kappa shape index (κ1) is 21.6. The van der Waals surface area contributed by atoms with Crippen molar-refractivity contribution in [3.8, 4) is 11.5 Å².